The van der Waals surface area contributed by atoms with Gasteiger partial charge in [0.1, 0.15) is 10.8 Å². The van der Waals surface area contributed by atoms with Gasteiger partial charge in [-0.2, -0.15) is 0 Å². The fourth-order valence-electron chi connectivity index (χ4n) is 3.14. The molecule has 2 heterocycles. The van der Waals surface area contributed by atoms with Crippen molar-refractivity contribution in [2.45, 2.75) is 52.4 Å². The van der Waals surface area contributed by atoms with E-state index in [1.165, 1.54) is 23.1 Å². The number of carbonyl (C=O) groups excluding carboxylic acids is 2. The van der Waals surface area contributed by atoms with E-state index in [2.05, 4.69) is 15.5 Å². The Morgan fingerprint density at radius 3 is 2.58 bits per heavy atom. The summed E-state index contributed by atoms with van der Waals surface area (Å²) in [6.07, 6.45) is -0.301. The van der Waals surface area contributed by atoms with E-state index >= 15 is 0 Å². The van der Waals surface area contributed by atoms with Crippen LogP contribution in [-0.4, -0.2) is 39.0 Å². The lowest BCUT2D eigenvalue weighted by atomic mass is 10.2. The van der Waals surface area contributed by atoms with Gasteiger partial charge >= 0.3 is 5.97 Å². The summed E-state index contributed by atoms with van der Waals surface area (Å²) in [5.74, 6) is 0.909. The molecule has 0 fully saturated rings. The van der Waals surface area contributed by atoms with Gasteiger partial charge in [-0.3, -0.25) is 4.79 Å². The summed E-state index contributed by atoms with van der Waals surface area (Å²) in [6.45, 7) is 10.5. The van der Waals surface area contributed by atoms with E-state index in [1.807, 2.05) is 56.5 Å². The van der Waals surface area contributed by atoms with Crippen molar-refractivity contribution in [3.63, 3.8) is 0 Å². The Balaban J connectivity index is 1.64. The van der Waals surface area contributed by atoms with E-state index in [0.29, 0.717) is 28.1 Å². The second-order valence-electron chi connectivity index (χ2n) is 7.32. The van der Waals surface area contributed by atoms with Crippen LogP contribution >= 0.6 is 23.1 Å². The van der Waals surface area contributed by atoms with E-state index < -0.39 is 5.97 Å². The lowest BCUT2D eigenvalue weighted by Gasteiger charge is -2.15. The van der Waals surface area contributed by atoms with Crippen molar-refractivity contribution in [1.29, 1.82) is 0 Å². The van der Waals surface area contributed by atoms with E-state index in [1.54, 1.807) is 13.0 Å². The molecule has 0 aliphatic rings. The largest absolute Gasteiger partial charge is 0.483 e. The number of carbonyl (C=O) groups is 2. The third kappa shape index (κ3) is 6.35. The number of anilines is 1. The Morgan fingerprint density at radius 1 is 1.18 bits per heavy atom. The van der Waals surface area contributed by atoms with Gasteiger partial charge < -0.3 is 19.4 Å². The van der Waals surface area contributed by atoms with Gasteiger partial charge in [-0.15, -0.1) is 21.5 Å². The number of rotatable bonds is 10. The smallest absolute Gasteiger partial charge is 0.341 e. The van der Waals surface area contributed by atoms with Crippen LogP contribution < -0.4 is 10.1 Å². The summed E-state index contributed by atoms with van der Waals surface area (Å²) in [5, 5.41) is 12.5. The first-order valence-electron chi connectivity index (χ1n) is 10.7. The van der Waals surface area contributed by atoms with Crippen molar-refractivity contribution < 1.29 is 19.1 Å². The van der Waals surface area contributed by atoms with Crippen molar-refractivity contribution in [2.24, 2.45) is 0 Å². The molecular weight excluding hydrogens is 460 g/mol. The minimum Gasteiger partial charge on any atom is -0.483 e. The summed E-state index contributed by atoms with van der Waals surface area (Å²) in [7, 11) is 0. The number of aromatic nitrogens is 3. The zero-order valence-corrected chi connectivity index (χ0v) is 21.0. The minimum absolute atomic E-state index is 0.130. The molecule has 2 aromatic heterocycles. The number of aryl methyl sites for hydroxylation is 2. The van der Waals surface area contributed by atoms with E-state index in [-0.39, 0.29) is 24.4 Å². The van der Waals surface area contributed by atoms with Crippen LogP contribution in [0.2, 0.25) is 0 Å². The Kier molecular flexibility index (Phi) is 8.51. The normalized spacial score (nSPS) is 11.8. The second kappa shape index (κ2) is 11.3. The number of hydrogen-bond acceptors (Lipinski definition) is 8. The van der Waals surface area contributed by atoms with Gasteiger partial charge in [0.25, 0.3) is 0 Å². The van der Waals surface area contributed by atoms with Gasteiger partial charge in [0.05, 0.1) is 17.9 Å². The van der Waals surface area contributed by atoms with Crippen LogP contribution in [-0.2, 0) is 16.1 Å². The first-order chi connectivity index (χ1) is 15.8. The monoisotopic (exact) mass is 488 g/mol. The molecular formula is C23H28N4O4S2. The summed E-state index contributed by atoms with van der Waals surface area (Å²) in [4.78, 5) is 25.6. The van der Waals surface area contributed by atoms with Gasteiger partial charge in [-0.05, 0) is 52.8 Å². The molecule has 8 nitrogen and oxygen atoms in total. The van der Waals surface area contributed by atoms with Gasteiger partial charge in [0.2, 0.25) is 5.91 Å². The van der Waals surface area contributed by atoms with E-state index in [4.69, 9.17) is 9.47 Å². The van der Waals surface area contributed by atoms with Gasteiger partial charge in [-0.25, -0.2) is 4.79 Å². The molecule has 0 spiro atoms. The lowest BCUT2D eigenvalue weighted by Crippen LogP contribution is -2.16. The first kappa shape index (κ1) is 24.8. The Labute approximate surface area is 201 Å². The number of esters is 1. The summed E-state index contributed by atoms with van der Waals surface area (Å²) < 4.78 is 13.0. The van der Waals surface area contributed by atoms with Crippen LogP contribution in [0.5, 0.6) is 5.75 Å². The number of hydrogen-bond donors (Lipinski definition) is 1. The number of benzene rings is 1. The summed E-state index contributed by atoms with van der Waals surface area (Å²) >= 11 is 2.63. The molecule has 1 amide bonds. The van der Waals surface area contributed by atoms with Gasteiger partial charge in [0, 0.05) is 11.4 Å². The maximum absolute atomic E-state index is 12.6. The second-order valence-corrected chi connectivity index (χ2v) is 9.51. The van der Waals surface area contributed by atoms with Crippen molar-refractivity contribution in [2.75, 3.05) is 17.7 Å². The Hall–Kier alpha value is -2.85. The molecule has 1 atom stereocenters. The number of nitrogens with zero attached hydrogens (tertiary/aromatic N) is 3. The zero-order valence-electron chi connectivity index (χ0n) is 19.4. The van der Waals surface area contributed by atoms with Gasteiger partial charge in [0.15, 0.2) is 17.1 Å². The Morgan fingerprint density at radius 2 is 1.91 bits per heavy atom. The zero-order chi connectivity index (χ0) is 24.0. The molecule has 3 aromatic rings. The molecule has 1 N–H and O–H groups in total. The summed E-state index contributed by atoms with van der Waals surface area (Å²) in [6, 6.07) is 9.56. The topological polar surface area (TPSA) is 95.3 Å². The molecule has 0 saturated heterocycles. The fourth-order valence-corrected chi connectivity index (χ4v) is 4.86. The molecule has 0 bridgehead atoms. The van der Waals surface area contributed by atoms with Crippen LogP contribution in [0, 0.1) is 13.8 Å². The Bertz CT molecular complexity index is 1110. The average Bonchev–Trinajstić information content (AvgIpc) is 3.36. The van der Waals surface area contributed by atoms with Crippen molar-refractivity contribution in [3.05, 3.63) is 52.2 Å². The standard InChI is InChI=1S/C23H28N4O4S2/c1-6-27-20(16(5)31-17-10-8-14(3)9-11-17)25-26-23(27)32-13-19(28)24-21-18(12-15(4)33-21)22(29)30-7-2/h8-12,16H,6-7,13H2,1-5H3,(H,24,28). The minimum atomic E-state index is -0.442. The quantitative estimate of drug-likeness (QED) is 0.316. The van der Waals surface area contributed by atoms with Crippen LogP contribution in [0.3, 0.4) is 0 Å². The number of thioether (sulfide) groups is 1. The molecule has 1 aromatic carbocycles. The van der Waals surface area contributed by atoms with Crippen molar-refractivity contribution in [1.82, 2.24) is 14.8 Å². The predicted molar refractivity (Wildman–Crippen MR) is 130 cm³/mol. The third-order valence-electron chi connectivity index (χ3n) is 4.70. The first-order valence-corrected chi connectivity index (χ1v) is 12.5. The number of nitrogens with one attached hydrogen (secondary N) is 1. The van der Waals surface area contributed by atoms with Gasteiger partial charge in [-0.1, -0.05) is 29.5 Å². The van der Waals surface area contributed by atoms with Crippen molar-refractivity contribution in [3.8, 4) is 5.75 Å². The highest BCUT2D eigenvalue weighted by atomic mass is 32.2. The molecule has 0 aliphatic carbocycles. The van der Waals surface area contributed by atoms with Crippen LogP contribution in [0.25, 0.3) is 0 Å². The molecule has 0 saturated carbocycles. The van der Waals surface area contributed by atoms with Crippen LogP contribution in [0.1, 0.15) is 53.5 Å². The number of thiophene rings is 1. The molecule has 10 heteroatoms. The molecule has 3 rings (SSSR count). The third-order valence-corrected chi connectivity index (χ3v) is 6.63. The maximum atomic E-state index is 12.6. The molecule has 176 valence electrons. The highest BCUT2D eigenvalue weighted by Gasteiger charge is 2.21. The molecule has 0 aliphatic heterocycles. The molecule has 33 heavy (non-hydrogen) atoms. The number of ether oxygens (including phenoxy) is 2. The maximum Gasteiger partial charge on any atom is 0.341 e. The van der Waals surface area contributed by atoms with E-state index in [0.717, 1.165) is 16.2 Å². The SMILES string of the molecule is CCOC(=O)c1cc(C)sc1NC(=O)CSc1nnc(C(C)Oc2ccc(C)cc2)n1CC. The number of amides is 1. The molecule has 0 radical (unpaired) electrons. The highest BCUT2D eigenvalue weighted by molar-refractivity contribution is 7.99. The summed E-state index contributed by atoms with van der Waals surface area (Å²) in [5.41, 5.74) is 1.54. The van der Waals surface area contributed by atoms with Crippen LogP contribution in [0.15, 0.2) is 35.5 Å². The molecule has 1 unspecified atom stereocenters. The van der Waals surface area contributed by atoms with E-state index in [9.17, 15) is 9.59 Å². The van der Waals surface area contributed by atoms with Crippen LogP contribution in [0.4, 0.5) is 5.00 Å². The highest BCUT2D eigenvalue weighted by Crippen LogP contribution is 2.29. The predicted octanol–water partition coefficient (Wildman–Crippen LogP) is 5.02. The lowest BCUT2D eigenvalue weighted by molar-refractivity contribution is -0.113. The average molecular weight is 489 g/mol. The van der Waals surface area contributed by atoms with Crippen molar-refractivity contribution >= 4 is 40.0 Å². The fraction of sp³-hybridized carbons (Fsp3) is 0.391.